The summed E-state index contributed by atoms with van der Waals surface area (Å²) >= 11 is 0. The zero-order chi connectivity index (χ0) is 18.1. The Balaban J connectivity index is 0. The molecule has 0 radical (unpaired) electrons. The number of rotatable bonds is 18. The topological polar surface area (TPSA) is 54.0 Å². The van der Waals surface area contributed by atoms with Crippen LogP contribution >= 0.6 is 0 Å². The van der Waals surface area contributed by atoms with Gasteiger partial charge in [-0.05, 0) is 32.6 Å². The Labute approximate surface area is 173 Å². The summed E-state index contributed by atoms with van der Waals surface area (Å²) in [5.74, 6) is -0.933. The van der Waals surface area contributed by atoms with Gasteiger partial charge in [0.15, 0.2) is 5.78 Å². The van der Waals surface area contributed by atoms with Crippen LogP contribution < -0.4 is 0 Å². The van der Waals surface area contributed by atoms with E-state index in [1.54, 1.807) is 0 Å². The van der Waals surface area contributed by atoms with E-state index >= 15 is 0 Å². The summed E-state index contributed by atoms with van der Waals surface area (Å²) in [5, 5.41) is 0. The van der Waals surface area contributed by atoms with Crippen molar-refractivity contribution < 1.29 is 49.9 Å². The third-order valence-electron chi connectivity index (χ3n) is 3.54. The summed E-state index contributed by atoms with van der Waals surface area (Å²) in [6.07, 6.45) is 7.51. The number of ether oxygens (including phenoxy) is 4. The summed E-state index contributed by atoms with van der Waals surface area (Å²) < 4.78 is 23.4. The van der Waals surface area contributed by atoms with Gasteiger partial charge in [0.05, 0.1) is 19.8 Å². The summed E-state index contributed by atoms with van der Waals surface area (Å²) in [6.45, 7) is 10.5. The van der Waals surface area contributed by atoms with Crippen LogP contribution in [0.2, 0.25) is 0 Å². The quantitative estimate of drug-likeness (QED) is 0.234. The summed E-state index contributed by atoms with van der Waals surface area (Å²) in [4.78, 5) is 10.9. The van der Waals surface area contributed by atoms with Gasteiger partial charge < -0.3 is 18.9 Å². The summed E-state index contributed by atoms with van der Waals surface area (Å²) in [5.41, 5.74) is 0. The zero-order valence-corrected chi connectivity index (χ0v) is 19.2. The molecule has 0 aliphatic carbocycles. The van der Waals surface area contributed by atoms with Crippen LogP contribution in [-0.2, 0) is 49.9 Å². The molecule has 0 saturated carbocycles. The minimum absolute atomic E-state index is 0. The molecule has 0 aromatic rings. The SMILES string of the molecule is CCCCOC(CCCOCC(C)=O)(OCCCC)OCCCC.[Zr]. The van der Waals surface area contributed by atoms with Gasteiger partial charge in [0.25, 0.3) is 5.97 Å². The Kier molecular flexibility index (Phi) is 21.2. The van der Waals surface area contributed by atoms with Crippen LogP contribution in [0.3, 0.4) is 0 Å². The van der Waals surface area contributed by atoms with E-state index in [-0.39, 0.29) is 38.6 Å². The van der Waals surface area contributed by atoms with Gasteiger partial charge in [0.2, 0.25) is 0 Å². The molecule has 0 aliphatic heterocycles. The second-order valence-corrected chi connectivity index (χ2v) is 6.15. The van der Waals surface area contributed by atoms with Crippen molar-refractivity contribution in [3.63, 3.8) is 0 Å². The molecule has 0 aliphatic rings. The molecule has 0 aromatic heterocycles. The maximum absolute atomic E-state index is 10.9. The predicted molar refractivity (Wildman–Crippen MR) is 96.0 cm³/mol. The number of Topliss-reactive ketones (excluding diaryl/α,β-unsaturated/α-hetero) is 1. The third-order valence-corrected chi connectivity index (χ3v) is 3.54. The van der Waals surface area contributed by atoms with E-state index < -0.39 is 5.97 Å². The van der Waals surface area contributed by atoms with E-state index in [1.807, 2.05) is 0 Å². The fraction of sp³-hybridized carbons (Fsp3) is 0.947. The molecule has 0 rings (SSSR count). The fourth-order valence-corrected chi connectivity index (χ4v) is 2.06. The van der Waals surface area contributed by atoms with Gasteiger partial charge in [-0.1, -0.05) is 40.0 Å². The normalized spacial score (nSPS) is 11.4. The first-order valence-corrected chi connectivity index (χ1v) is 9.59. The molecule has 0 fully saturated rings. The Morgan fingerprint density at radius 2 is 1.20 bits per heavy atom. The molecule has 25 heavy (non-hydrogen) atoms. The van der Waals surface area contributed by atoms with E-state index in [0.29, 0.717) is 32.8 Å². The van der Waals surface area contributed by atoms with E-state index in [4.69, 9.17) is 18.9 Å². The third kappa shape index (κ3) is 16.3. The minimum Gasteiger partial charge on any atom is -0.374 e. The van der Waals surface area contributed by atoms with Crippen LogP contribution in [0, 0.1) is 0 Å². The molecule has 0 bridgehead atoms. The molecule has 0 unspecified atom stereocenters. The molecule has 6 heteroatoms. The van der Waals surface area contributed by atoms with E-state index in [1.165, 1.54) is 6.92 Å². The molecule has 0 aromatic carbocycles. The van der Waals surface area contributed by atoms with Gasteiger partial charge in [-0.25, -0.2) is 0 Å². The van der Waals surface area contributed by atoms with Crippen molar-refractivity contribution in [3.05, 3.63) is 0 Å². The number of ketones is 1. The Hall–Kier alpha value is 0.393. The number of carbonyl (C=O) groups excluding carboxylic acids is 1. The van der Waals surface area contributed by atoms with Crippen molar-refractivity contribution in [2.24, 2.45) is 0 Å². The van der Waals surface area contributed by atoms with E-state index in [9.17, 15) is 4.79 Å². The first kappa shape index (κ1) is 27.6. The number of hydrogen-bond donors (Lipinski definition) is 0. The van der Waals surface area contributed by atoms with Crippen LogP contribution in [-0.4, -0.2) is 44.8 Å². The monoisotopic (exact) mass is 436 g/mol. The molecule has 0 spiro atoms. The van der Waals surface area contributed by atoms with Gasteiger partial charge in [0, 0.05) is 39.2 Å². The average molecular weight is 438 g/mol. The number of unbranched alkanes of at least 4 members (excludes halogenated alkanes) is 3. The Bertz CT molecular complexity index is 273. The van der Waals surface area contributed by atoms with Gasteiger partial charge in [-0.2, -0.15) is 0 Å². The smallest absolute Gasteiger partial charge is 0.282 e. The molecular formula is C19H38O5Zr. The Morgan fingerprint density at radius 1 is 0.760 bits per heavy atom. The van der Waals surface area contributed by atoms with E-state index in [0.717, 1.165) is 44.9 Å². The second-order valence-electron chi connectivity index (χ2n) is 6.15. The van der Waals surface area contributed by atoms with Crippen LogP contribution in [0.15, 0.2) is 0 Å². The van der Waals surface area contributed by atoms with Gasteiger partial charge in [0.1, 0.15) is 6.61 Å². The summed E-state index contributed by atoms with van der Waals surface area (Å²) in [7, 11) is 0. The summed E-state index contributed by atoms with van der Waals surface area (Å²) in [6, 6.07) is 0. The first-order valence-electron chi connectivity index (χ1n) is 9.59. The first-order chi connectivity index (χ1) is 11.6. The largest absolute Gasteiger partial charge is 0.374 e. The van der Waals surface area contributed by atoms with Crippen LogP contribution in [0.25, 0.3) is 0 Å². The van der Waals surface area contributed by atoms with Crippen molar-refractivity contribution in [2.75, 3.05) is 33.0 Å². The molecular weight excluding hydrogens is 399 g/mol. The average Bonchev–Trinajstić information content (AvgIpc) is 2.55. The molecule has 148 valence electrons. The second kappa shape index (κ2) is 19.2. The maximum Gasteiger partial charge on any atom is 0.282 e. The van der Waals surface area contributed by atoms with E-state index in [2.05, 4.69) is 20.8 Å². The van der Waals surface area contributed by atoms with Crippen LogP contribution in [0.5, 0.6) is 0 Å². The zero-order valence-electron chi connectivity index (χ0n) is 16.7. The molecule has 0 saturated heterocycles. The fourth-order valence-electron chi connectivity index (χ4n) is 2.06. The number of hydrogen-bond acceptors (Lipinski definition) is 5. The number of carbonyl (C=O) groups is 1. The van der Waals surface area contributed by atoms with Crippen LogP contribution in [0.4, 0.5) is 0 Å². The standard InChI is InChI=1S/C19H38O5.Zr/c1-5-8-14-22-19(23-15-9-6-2,24-16-10-7-3)12-11-13-21-17-18(4)20;/h5-17H2,1-4H3;. The van der Waals surface area contributed by atoms with Gasteiger partial charge in [-0.15, -0.1) is 0 Å². The van der Waals surface area contributed by atoms with Crippen molar-refractivity contribution in [1.29, 1.82) is 0 Å². The molecule has 0 N–H and O–H groups in total. The molecule has 0 atom stereocenters. The predicted octanol–water partition coefficient (Wildman–Crippen LogP) is 4.47. The van der Waals surface area contributed by atoms with Crippen LogP contribution in [0.1, 0.15) is 79.1 Å². The van der Waals surface area contributed by atoms with Gasteiger partial charge in [-0.3, -0.25) is 4.79 Å². The van der Waals surface area contributed by atoms with Crippen molar-refractivity contribution >= 4 is 5.78 Å². The minimum atomic E-state index is -0.973. The van der Waals surface area contributed by atoms with Crippen molar-refractivity contribution in [3.8, 4) is 0 Å². The molecule has 5 nitrogen and oxygen atoms in total. The molecule has 0 amide bonds. The van der Waals surface area contributed by atoms with Crippen molar-refractivity contribution in [1.82, 2.24) is 0 Å². The maximum atomic E-state index is 10.9. The van der Waals surface area contributed by atoms with Crippen molar-refractivity contribution in [2.45, 2.75) is 85.0 Å². The van der Waals surface area contributed by atoms with Gasteiger partial charge >= 0.3 is 0 Å². The Morgan fingerprint density at radius 3 is 1.56 bits per heavy atom. The molecule has 0 heterocycles.